The Kier molecular flexibility index (Phi) is 5.27. The van der Waals surface area contributed by atoms with E-state index in [9.17, 15) is 9.90 Å². The molecule has 1 aliphatic heterocycles. The monoisotopic (exact) mass is 329 g/mol. The molecule has 0 aliphatic carbocycles. The molecule has 1 atom stereocenters. The van der Waals surface area contributed by atoms with E-state index in [2.05, 4.69) is 21.4 Å². The third kappa shape index (κ3) is 3.83. The molecule has 0 radical (unpaired) electrons. The van der Waals surface area contributed by atoms with Crippen LogP contribution in [0.25, 0.3) is 0 Å². The van der Waals surface area contributed by atoms with E-state index < -0.39 is 0 Å². The fraction of sp³-hybridized carbons (Fsp3) is 0.444. The molecular weight excluding hydrogens is 306 g/mol. The summed E-state index contributed by atoms with van der Waals surface area (Å²) in [6, 6.07) is 9.94. The minimum absolute atomic E-state index is 0.199. The second-order valence-electron chi connectivity index (χ2n) is 6.22. The first-order chi connectivity index (χ1) is 11.7. The number of amides is 1. The van der Waals surface area contributed by atoms with Gasteiger partial charge in [-0.15, -0.1) is 0 Å². The topological polar surface area (TPSA) is 78.6 Å². The highest BCUT2D eigenvalue weighted by molar-refractivity contribution is 5.92. The summed E-state index contributed by atoms with van der Waals surface area (Å²) in [6.07, 6.45) is 2.16. The van der Waals surface area contributed by atoms with E-state index in [0.717, 1.165) is 31.5 Å². The van der Waals surface area contributed by atoms with Crippen LogP contribution < -0.4 is 5.32 Å². The first-order valence-corrected chi connectivity index (χ1v) is 8.30. The number of nitrogens with one attached hydrogen (secondary N) is 1. The van der Waals surface area contributed by atoms with Gasteiger partial charge in [0.25, 0.3) is 5.91 Å². The van der Waals surface area contributed by atoms with Crippen molar-refractivity contribution in [1.82, 2.24) is 15.4 Å². The number of likely N-dealkylation sites (tertiary alicyclic amines) is 1. The van der Waals surface area contributed by atoms with Crippen molar-refractivity contribution < 1.29 is 14.4 Å². The second kappa shape index (κ2) is 7.59. The van der Waals surface area contributed by atoms with E-state index >= 15 is 0 Å². The molecule has 1 aromatic carbocycles. The zero-order chi connectivity index (χ0) is 16.9. The van der Waals surface area contributed by atoms with Crippen LogP contribution in [0.1, 0.15) is 40.2 Å². The molecule has 24 heavy (non-hydrogen) atoms. The fourth-order valence-electron chi connectivity index (χ4n) is 3.15. The van der Waals surface area contributed by atoms with Crippen LogP contribution in [-0.4, -0.2) is 40.3 Å². The van der Waals surface area contributed by atoms with Crippen LogP contribution in [0.15, 0.2) is 34.9 Å². The van der Waals surface area contributed by atoms with E-state index in [1.807, 2.05) is 18.2 Å². The van der Waals surface area contributed by atoms with Gasteiger partial charge >= 0.3 is 0 Å². The maximum atomic E-state index is 12.1. The van der Waals surface area contributed by atoms with Crippen LogP contribution in [0.2, 0.25) is 0 Å². The predicted octanol–water partition coefficient (Wildman–Crippen LogP) is 1.87. The number of rotatable bonds is 6. The first kappa shape index (κ1) is 16.7. The molecule has 3 rings (SSSR count). The Hall–Kier alpha value is -2.18. The van der Waals surface area contributed by atoms with Crippen LogP contribution in [0.5, 0.6) is 0 Å². The van der Waals surface area contributed by atoms with E-state index in [0.29, 0.717) is 18.0 Å². The Morgan fingerprint density at radius 3 is 2.92 bits per heavy atom. The standard InChI is InChI=1S/C18H23N3O3/c1-13-9-17(20-24-13)18(23)19-10-14-5-2-3-6-15(14)11-21-8-4-7-16(21)12-22/h2-3,5-6,9,16,22H,4,7-8,10-12H2,1H3,(H,19,23)/t16-/m1/s1. The zero-order valence-corrected chi connectivity index (χ0v) is 13.9. The summed E-state index contributed by atoms with van der Waals surface area (Å²) in [5, 5.41) is 16.1. The molecule has 2 aromatic rings. The molecule has 6 heteroatoms. The van der Waals surface area contributed by atoms with Crippen LogP contribution in [0.4, 0.5) is 0 Å². The Balaban J connectivity index is 1.64. The van der Waals surface area contributed by atoms with Crippen LogP contribution in [0, 0.1) is 6.92 Å². The number of hydrogen-bond donors (Lipinski definition) is 2. The van der Waals surface area contributed by atoms with Gasteiger partial charge in [-0.3, -0.25) is 9.69 Å². The van der Waals surface area contributed by atoms with Gasteiger partial charge in [0.2, 0.25) is 0 Å². The SMILES string of the molecule is Cc1cc(C(=O)NCc2ccccc2CN2CCC[C@@H]2CO)no1. The normalized spacial score (nSPS) is 18.0. The summed E-state index contributed by atoms with van der Waals surface area (Å²) in [4.78, 5) is 14.4. The third-order valence-corrected chi connectivity index (χ3v) is 4.50. The molecule has 2 N–H and O–H groups in total. The number of aromatic nitrogens is 1. The van der Waals surface area contributed by atoms with Gasteiger partial charge in [-0.1, -0.05) is 29.4 Å². The van der Waals surface area contributed by atoms with Crippen molar-refractivity contribution in [2.45, 2.75) is 38.9 Å². The predicted molar refractivity (Wildman–Crippen MR) is 89.4 cm³/mol. The number of aryl methyl sites for hydroxylation is 1. The van der Waals surface area contributed by atoms with Crippen molar-refractivity contribution in [2.24, 2.45) is 0 Å². The summed E-state index contributed by atoms with van der Waals surface area (Å²) in [7, 11) is 0. The van der Waals surface area contributed by atoms with Crippen LogP contribution in [0.3, 0.4) is 0 Å². The molecule has 2 heterocycles. The molecule has 6 nitrogen and oxygen atoms in total. The summed E-state index contributed by atoms with van der Waals surface area (Å²) in [5.74, 6) is 0.376. The average Bonchev–Trinajstić information content (AvgIpc) is 3.22. The summed E-state index contributed by atoms with van der Waals surface area (Å²) >= 11 is 0. The maximum absolute atomic E-state index is 12.1. The molecule has 1 fully saturated rings. The minimum atomic E-state index is -0.240. The van der Waals surface area contributed by atoms with Gasteiger partial charge in [-0.05, 0) is 37.4 Å². The first-order valence-electron chi connectivity index (χ1n) is 8.30. The lowest BCUT2D eigenvalue weighted by atomic mass is 10.1. The number of carbonyl (C=O) groups is 1. The van der Waals surface area contributed by atoms with Crippen molar-refractivity contribution in [2.75, 3.05) is 13.2 Å². The van der Waals surface area contributed by atoms with Gasteiger partial charge < -0.3 is 14.9 Å². The van der Waals surface area contributed by atoms with Crippen molar-refractivity contribution in [1.29, 1.82) is 0 Å². The summed E-state index contributed by atoms with van der Waals surface area (Å²) in [6.45, 7) is 4.19. The lowest BCUT2D eigenvalue weighted by molar-refractivity contribution is 0.0941. The number of benzene rings is 1. The van der Waals surface area contributed by atoms with Crippen molar-refractivity contribution in [3.63, 3.8) is 0 Å². The molecule has 0 bridgehead atoms. The Bertz CT molecular complexity index is 698. The van der Waals surface area contributed by atoms with Crippen molar-refractivity contribution in [3.05, 3.63) is 52.9 Å². The van der Waals surface area contributed by atoms with Crippen LogP contribution in [-0.2, 0) is 13.1 Å². The number of aliphatic hydroxyl groups excluding tert-OH is 1. The van der Waals surface area contributed by atoms with Gasteiger partial charge in [0.05, 0.1) is 6.61 Å². The Labute approximate surface area is 141 Å². The molecular formula is C18H23N3O3. The smallest absolute Gasteiger partial charge is 0.273 e. The molecule has 1 saturated heterocycles. The van der Waals surface area contributed by atoms with E-state index in [4.69, 9.17) is 4.52 Å². The van der Waals surface area contributed by atoms with Gasteiger partial charge in [-0.2, -0.15) is 0 Å². The van der Waals surface area contributed by atoms with Gasteiger partial charge in [0.1, 0.15) is 5.76 Å². The van der Waals surface area contributed by atoms with Gasteiger partial charge in [-0.25, -0.2) is 0 Å². The number of hydrogen-bond acceptors (Lipinski definition) is 5. The summed E-state index contributed by atoms with van der Waals surface area (Å²) in [5.41, 5.74) is 2.55. The lowest BCUT2D eigenvalue weighted by Gasteiger charge is -2.24. The number of nitrogens with zero attached hydrogens (tertiary/aromatic N) is 2. The second-order valence-corrected chi connectivity index (χ2v) is 6.22. The van der Waals surface area contributed by atoms with E-state index in [1.165, 1.54) is 5.56 Å². The molecule has 0 unspecified atom stereocenters. The van der Waals surface area contributed by atoms with Gasteiger partial charge in [0, 0.05) is 25.2 Å². The molecule has 0 spiro atoms. The average molecular weight is 329 g/mol. The minimum Gasteiger partial charge on any atom is -0.395 e. The lowest BCUT2D eigenvalue weighted by Crippen LogP contribution is -2.32. The van der Waals surface area contributed by atoms with Crippen molar-refractivity contribution >= 4 is 5.91 Å². The number of carbonyl (C=O) groups excluding carboxylic acids is 1. The maximum Gasteiger partial charge on any atom is 0.273 e. The van der Waals surface area contributed by atoms with E-state index in [1.54, 1.807) is 13.0 Å². The Morgan fingerprint density at radius 1 is 1.42 bits per heavy atom. The molecule has 1 aliphatic rings. The molecule has 1 aromatic heterocycles. The zero-order valence-electron chi connectivity index (χ0n) is 13.9. The molecule has 1 amide bonds. The highest BCUT2D eigenvalue weighted by Crippen LogP contribution is 2.21. The number of aliphatic hydroxyl groups is 1. The van der Waals surface area contributed by atoms with E-state index in [-0.39, 0.29) is 18.6 Å². The fourth-order valence-corrected chi connectivity index (χ4v) is 3.15. The van der Waals surface area contributed by atoms with Gasteiger partial charge in [0.15, 0.2) is 5.69 Å². The molecule has 128 valence electrons. The van der Waals surface area contributed by atoms with Crippen molar-refractivity contribution in [3.8, 4) is 0 Å². The largest absolute Gasteiger partial charge is 0.395 e. The third-order valence-electron chi connectivity index (χ3n) is 4.50. The Morgan fingerprint density at radius 2 is 2.21 bits per heavy atom. The quantitative estimate of drug-likeness (QED) is 0.846. The highest BCUT2D eigenvalue weighted by atomic mass is 16.5. The van der Waals surface area contributed by atoms with Crippen LogP contribution >= 0.6 is 0 Å². The molecule has 0 saturated carbocycles. The summed E-state index contributed by atoms with van der Waals surface area (Å²) < 4.78 is 4.93. The highest BCUT2D eigenvalue weighted by Gasteiger charge is 2.24.